The zero-order chi connectivity index (χ0) is 18.9. The van der Waals surface area contributed by atoms with Crippen LogP contribution in [0.5, 0.6) is 11.5 Å². The van der Waals surface area contributed by atoms with E-state index in [2.05, 4.69) is 6.92 Å². The van der Waals surface area contributed by atoms with Crippen LogP contribution in [0.3, 0.4) is 0 Å². The molecule has 1 rings (SSSR count). The number of hydrogen-bond acceptors (Lipinski definition) is 4. The van der Waals surface area contributed by atoms with E-state index in [-0.39, 0.29) is 17.1 Å². The van der Waals surface area contributed by atoms with Crippen LogP contribution in [0, 0.1) is 0 Å². The van der Waals surface area contributed by atoms with Crippen LogP contribution in [0.15, 0.2) is 18.2 Å². The van der Waals surface area contributed by atoms with Crippen LogP contribution < -0.4 is 4.74 Å². The van der Waals surface area contributed by atoms with Crippen molar-refractivity contribution in [1.82, 2.24) is 0 Å². The van der Waals surface area contributed by atoms with Crippen molar-refractivity contribution in [1.29, 1.82) is 0 Å². The number of phenols is 1. The predicted molar refractivity (Wildman–Crippen MR) is 101 cm³/mol. The van der Waals surface area contributed by atoms with Crippen LogP contribution >= 0.6 is 0 Å². The van der Waals surface area contributed by atoms with Crippen LogP contribution in [-0.4, -0.2) is 23.8 Å². The number of unbranched alkanes of at least 4 members (excludes halogenated alkanes) is 5. The van der Waals surface area contributed by atoms with Crippen LogP contribution in [0.25, 0.3) is 0 Å². The minimum Gasteiger partial charge on any atom is -0.508 e. The Morgan fingerprint density at radius 3 is 2.40 bits per heavy atom. The number of esters is 1. The van der Waals surface area contributed by atoms with Gasteiger partial charge in [-0.25, -0.2) is 4.79 Å². The molecule has 142 valence electrons. The zero-order valence-corrected chi connectivity index (χ0v) is 16.4. The van der Waals surface area contributed by atoms with Crippen molar-refractivity contribution in [2.45, 2.75) is 84.7 Å². The lowest BCUT2D eigenvalue weighted by molar-refractivity contribution is -0.151. The highest BCUT2D eigenvalue weighted by Crippen LogP contribution is 2.33. The van der Waals surface area contributed by atoms with Gasteiger partial charge in [-0.1, -0.05) is 59.8 Å². The summed E-state index contributed by atoms with van der Waals surface area (Å²) in [7, 11) is 0. The molecule has 0 fully saturated rings. The van der Waals surface area contributed by atoms with Gasteiger partial charge in [-0.2, -0.15) is 0 Å². The van der Waals surface area contributed by atoms with Gasteiger partial charge >= 0.3 is 5.97 Å². The quantitative estimate of drug-likeness (QED) is 0.456. The molecule has 0 aliphatic rings. The van der Waals surface area contributed by atoms with Gasteiger partial charge in [0, 0.05) is 5.56 Å². The average Bonchev–Trinajstić information content (AvgIpc) is 2.54. The number of aromatic hydroxyl groups is 1. The smallest absolute Gasteiger partial charge is 0.347 e. The highest BCUT2D eigenvalue weighted by Gasteiger charge is 2.21. The Morgan fingerprint density at radius 2 is 1.76 bits per heavy atom. The molecule has 0 heterocycles. The highest BCUT2D eigenvalue weighted by molar-refractivity contribution is 5.74. The van der Waals surface area contributed by atoms with E-state index in [0.717, 1.165) is 18.4 Å². The maximum Gasteiger partial charge on any atom is 0.347 e. The van der Waals surface area contributed by atoms with E-state index in [1.54, 1.807) is 25.1 Å². The molecule has 0 bridgehead atoms. The SMILES string of the molecule is CCCCCCCCOC(=O)C(C)Oc1ccc(O)c(C(C)(C)C)c1. The van der Waals surface area contributed by atoms with Crippen molar-refractivity contribution in [3.05, 3.63) is 23.8 Å². The van der Waals surface area contributed by atoms with Gasteiger partial charge in [-0.05, 0) is 37.0 Å². The maximum atomic E-state index is 12.0. The summed E-state index contributed by atoms with van der Waals surface area (Å²) in [5.41, 5.74) is 0.586. The van der Waals surface area contributed by atoms with Gasteiger partial charge < -0.3 is 14.6 Å². The number of carbonyl (C=O) groups excluding carboxylic acids is 1. The molecule has 1 N–H and O–H groups in total. The Morgan fingerprint density at radius 1 is 1.12 bits per heavy atom. The lowest BCUT2D eigenvalue weighted by Gasteiger charge is -2.22. The number of hydrogen-bond donors (Lipinski definition) is 1. The summed E-state index contributed by atoms with van der Waals surface area (Å²) in [6, 6.07) is 5.05. The molecule has 4 nitrogen and oxygen atoms in total. The van der Waals surface area contributed by atoms with Gasteiger partial charge in [0.25, 0.3) is 0 Å². The van der Waals surface area contributed by atoms with E-state index >= 15 is 0 Å². The molecule has 0 amide bonds. The van der Waals surface area contributed by atoms with Gasteiger partial charge in [0.1, 0.15) is 11.5 Å². The monoisotopic (exact) mass is 350 g/mol. The van der Waals surface area contributed by atoms with E-state index < -0.39 is 6.10 Å². The van der Waals surface area contributed by atoms with Gasteiger partial charge in [-0.3, -0.25) is 0 Å². The predicted octanol–water partition coefficient (Wildman–Crippen LogP) is 5.36. The summed E-state index contributed by atoms with van der Waals surface area (Å²) in [5, 5.41) is 9.99. The highest BCUT2D eigenvalue weighted by atomic mass is 16.6. The fraction of sp³-hybridized carbons (Fsp3) is 0.667. The van der Waals surface area contributed by atoms with Gasteiger partial charge in [0.05, 0.1) is 6.61 Å². The van der Waals surface area contributed by atoms with Crippen molar-refractivity contribution in [2.24, 2.45) is 0 Å². The Kier molecular flexibility index (Phi) is 8.81. The Balaban J connectivity index is 2.42. The summed E-state index contributed by atoms with van der Waals surface area (Å²) in [4.78, 5) is 12.0. The first-order valence-corrected chi connectivity index (χ1v) is 9.42. The van der Waals surface area contributed by atoms with E-state index in [9.17, 15) is 9.90 Å². The Hall–Kier alpha value is -1.71. The summed E-state index contributed by atoms with van der Waals surface area (Å²) in [6.45, 7) is 10.4. The summed E-state index contributed by atoms with van der Waals surface area (Å²) >= 11 is 0. The van der Waals surface area contributed by atoms with Crippen molar-refractivity contribution in [3.8, 4) is 11.5 Å². The molecule has 0 spiro atoms. The number of ether oxygens (including phenoxy) is 2. The normalized spacial score (nSPS) is 12.7. The fourth-order valence-electron chi connectivity index (χ4n) is 2.61. The number of carbonyl (C=O) groups is 1. The molecule has 1 aromatic rings. The summed E-state index contributed by atoms with van der Waals surface area (Å²) in [6.07, 6.45) is 6.27. The zero-order valence-electron chi connectivity index (χ0n) is 16.4. The third-order valence-corrected chi connectivity index (χ3v) is 4.16. The summed E-state index contributed by atoms with van der Waals surface area (Å²) in [5.74, 6) is 0.448. The molecule has 4 heteroatoms. The van der Waals surface area contributed by atoms with Crippen LogP contribution in [0.4, 0.5) is 0 Å². The van der Waals surface area contributed by atoms with Crippen molar-refractivity contribution < 1.29 is 19.4 Å². The molecule has 0 aromatic heterocycles. The minimum absolute atomic E-state index is 0.203. The van der Waals surface area contributed by atoms with Gasteiger partial charge in [0.2, 0.25) is 0 Å². The minimum atomic E-state index is -0.669. The second-order valence-corrected chi connectivity index (χ2v) is 7.62. The first-order valence-electron chi connectivity index (χ1n) is 9.42. The second kappa shape index (κ2) is 10.3. The molecule has 1 atom stereocenters. The first kappa shape index (κ1) is 21.3. The molecule has 0 saturated carbocycles. The van der Waals surface area contributed by atoms with Gasteiger partial charge in [-0.15, -0.1) is 0 Å². The Bertz CT molecular complexity index is 531. The van der Waals surface area contributed by atoms with Crippen LogP contribution in [0.1, 0.15) is 78.7 Å². The lowest BCUT2D eigenvalue weighted by atomic mass is 9.86. The molecular formula is C21H34O4. The fourth-order valence-corrected chi connectivity index (χ4v) is 2.61. The Labute approximate surface area is 152 Å². The van der Waals surface area contributed by atoms with Crippen LogP contribution in [0.2, 0.25) is 0 Å². The van der Waals surface area contributed by atoms with Crippen molar-refractivity contribution >= 4 is 5.97 Å². The first-order chi connectivity index (χ1) is 11.8. The van der Waals surface area contributed by atoms with E-state index in [4.69, 9.17) is 9.47 Å². The molecule has 0 saturated heterocycles. The molecule has 0 aliphatic heterocycles. The largest absolute Gasteiger partial charge is 0.508 e. The molecule has 1 aromatic carbocycles. The average molecular weight is 350 g/mol. The number of phenolic OH excluding ortho intramolecular Hbond substituents is 1. The van der Waals surface area contributed by atoms with E-state index in [0.29, 0.717) is 12.4 Å². The molecule has 0 aliphatic carbocycles. The third-order valence-electron chi connectivity index (χ3n) is 4.16. The van der Waals surface area contributed by atoms with Gasteiger partial charge in [0.15, 0.2) is 6.10 Å². The maximum absolute atomic E-state index is 12.0. The molecule has 0 radical (unpaired) electrons. The topological polar surface area (TPSA) is 55.8 Å². The van der Waals surface area contributed by atoms with E-state index in [1.807, 2.05) is 20.8 Å². The number of benzene rings is 1. The van der Waals surface area contributed by atoms with E-state index in [1.165, 1.54) is 25.7 Å². The lowest BCUT2D eigenvalue weighted by Crippen LogP contribution is -2.26. The molecular weight excluding hydrogens is 316 g/mol. The summed E-state index contributed by atoms with van der Waals surface area (Å²) < 4.78 is 11.0. The third kappa shape index (κ3) is 7.80. The molecule has 25 heavy (non-hydrogen) atoms. The number of rotatable bonds is 10. The second-order valence-electron chi connectivity index (χ2n) is 7.62. The standard InChI is InChI=1S/C21H34O4/c1-6-7-8-9-10-11-14-24-20(23)16(2)25-17-12-13-19(22)18(15-17)21(3,4)5/h12-13,15-16,22H,6-11,14H2,1-5H3. The van der Waals surface area contributed by atoms with Crippen molar-refractivity contribution in [2.75, 3.05) is 6.61 Å². The molecule has 1 unspecified atom stereocenters. The van der Waals surface area contributed by atoms with Crippen molar-refractivity contribution in [3.63, 3.8) is 0 Å². The van der Waals surface area contributed by atoms with Crippen LogP contribution in [-0.2, 0) is 14.9 Å².